The maximum Gasteiger partial charge on any atom is 0.309 e. The molecule has 0 bridgehead atoms. The van der Waals surface area contributed by atoms with Crippen molar-refractivity contribution in [2.45, 2.75) is 26.2 Å². The predicted molar refractivity (Wildman–Crippen MR) is 86.0 cm³/mol. The van der Waals surface area contributed by atoms with Crippen LogP contribution in [0.5, 0.6) is 0 Å². The number of ether oxygens (including phenoxy) is 1. The smallest absolute Gasteiger partial charge is 0.309 e. The molecule has 0 radical (unpaired) electrons. The predicted octanol–water partition coefficient (Wildman–Crippen LogP) is 2.60. The van der Waals surface area contributed by atoms with Crippen LogP contribution in [-0.2, 0) is 33.6 Å². The molecule has 0 atom stereocenters. The van der Waals surface area contributed by atoms with Crippen molar-refractivity contribution in [2.24, 2.45) is 0 Å². The largest absolute Gasteiger partial charge is 0.469 e. The van der Waals surface area contributed by atoms with Gasteiger partial charge in [-0.3, -0.25) is 9.59 Å². The molecular weight excluding hydrogens is 300 g/mol. The van der Waals surface area contributed by atoms with Gasteiger partial charge in [-0.15, -0.1) is 11.3 Å². The van der Waals surface area contributed by atoms with Gasteiger partial charge in [0.25, 0.3) is 0 Å². The average Bonchev–Trinajstić information content (AvgIpc) is 2.93. The standard InChI is InChI=1S/C16H18N2O3S/c1-11(19)17-16-18-14(10-22-16)8-7-12-3-5-13(6-4-12)9-15(20)21-2/h3-6,10H,7-9H2,1-2H3,(H,17,18,19). The molecule has 1 aromatic carbocycles. The normalized spacial score (nSPS) is 10.3. The molecule has 0 saturated carbocycles. The Morgan fingerprint density at radius 3 is 2.50 bits per heavy atom. The third-order valence-corrected chi connectivity index (χ3v) is 3.91. The van der Waals surface area contributed by atoms with Crippen molar-refractivity contribution >= 4 is 28.3 Å². The number of thiazole rings is 1. The average molecular weight is 318 g/mol. The molecule has 2 aromatic rings. The maximum absolute atomic E-state index is 11.2. The molecule has 0 spiro atoms. The molecule has 116 valence electrons. The number of aromatic nitrogens is 1. The van der Waals surface area contributed by atoms with Gasteiger partial charge in [-0.25, -0.2) is 4.98 Å². The summed E-state index contributed by atoms with van der Waals surface area (Å²) < 4.78 is 4.64. The summed E-state index contributed by atoms with van der Waals surface area (Å²) in [6.07, 6.45) is 1.97. The lowest BCUT2D eigenvalue weighted by Crippen LogP contribution is -2.05. The molecule has 0 aliphatic heterocycles. The number of hydrogen-bond acceptors (Lipinski definition) is 5. The summed E-state index contributed by atoms with van der Waals surface area (Å²) in [5, 5.41) is 5.27. The molecule has 1 N–H and O–H groups in total. The number of anilines is 1. The Bertz CT molecular complexity index is 650. The molecular formula is C16H18N2O3S. The number of methoxy groups -OCH3 is 1. The summed E-state index contributed by atoms with van der Waals surface area (Å²) in [5.41, 5.74) is 3.09. The highest BCUT2D eigenvalue weighted by Crippen LogP contribution is 2.17. The van der Waals surface area contributed by atoms with Crippen LogP contribution >= 0.6 is 11.3 Å². The van der Waals surface area contributed by atoms with E-state index in [1.165, 1.54) is 30.9 Å². The quantitative estimate of drug-likeness (QED) is 0.831. The van der Waals surface area contributed by atoms with Gasteiger partial charge in [-0.1, -0.05) is 24.3 Å². The van der Waals surface area contributed by atoms with Crippen molar-refractivity contribution in [3.05, 3.63) is 46.5 Å². The van der Waals surface area contributed by atoms with E-state index >= 15 is 0 Å². The number of carbonyl (C=O) groups is 2. The zero-order valence-corrected chi connectivity index (χ0v) is 13.4. The van der Waals surface area contributed by atoms with E-state index in [1.807, 2.05) is 29.6 Å². The molecule has 22 heavy (non-hydrogen) atoms. The van der Waals surface area contributed by atoms with Crippen LogP contribution in [0.15, 0.2) is 29.6 Å². The second-order valence-electron chi connectivity index (χ2n) is 4.89. The van der Waals surface area contributed by atoms with Gasteiger partial charge in [0.1, 0.15) is 0 Å². The third-order valence-electron chi connectivity index (χ3n) is 3.10. The number of hydrogen-bond donors (Lipinski definition) is 1. The topological polar surface area (TPSA) is 68.3 Å². The van der Waals surface area contributed by atoms with E-state index in [0.717, 1.165) is 24.1 Å². The molecule has 0 fully saturated rings. The zero-order chi connectivity index (χ0) is 15.9. The summed E-state index contributed by atoms with van der Waals surface area (Å²) in [4.78, 5) is 26.5. The van der Waals surface area contributed by atoms with Crippen LogP contribution in [0, 0.1) is 0 Å². The van der Waals surface area contributed by atoms with Gasteiger partial charge in [-0.2, -0.15) is 0 Å². The minimum atomic E-state index is -0.235. The lowest BCUT2D eigenvalue weighted by Gasteiger charge is -2.03. The lowest BCUT2D eigenvalue weighted by molar-refractivity contribution is -0.139. The summed E-state index contributed by atoms with van der Waals surface area (Å²) in [6, 6.07) is 7.91. The highest BCUT2D eigenvalue weighted by Gasteiger charge is 2.05. The Balaban J connectivity index is 1.87. The van der Waals surface area contributed by atoms with Gasteiger partial charge in [0, 0.05) is 12.3 Å². The second-order valence-corrected chi connectivity index (χ2v) is 5.75. The Morgan fingerprint density at radius 2 is 1.86 bits per heavy atom. The summed E-state index contributed by atoms with van der Waals surface area (Å²) in [7, 11) is 1.39. The Labute approximate surface area is 133 Å². The van der Waals surface area contributed by atoms with E-state index in [9.17, 15) is 9.59 Å². The van der Waals surface area contributed by atoms with Crippen LogP contribution in [0.3, 0.4) is 0 Å². The van der Waals surface area contributed by atoms with Crippen molar-refractivity contribution in [3.63, 3.8) is 0 Å². The summed E-state index contributed by atoms with van der Waals surface area (Å²) in [6.45, 7) is 1.47. The fourth-order valence-electron chi connectivity index (χ4n) is 1.96. The van der Waals surface area contributed by atoms with Crippen molar-refractivity contribution in [1.82, 2.24) is 4.98 Å². The van der Waals surface area contributed by atoms with Crippen LogP contribution < -0.4 is 5.32 Å². The van der Waals surface area contributed by atoms with Crippen LogP contribution in [0.25, 0.3) is 0 Å². The first-order valence-electron chi connectivity index (χ1n) is 6.93. The molecule has 1 heterocycles. The van der Waals surface area contributed by atoms with Gasteiger partial charge in [-0.05, 0) is 24.0 Å². The number of benzene rings is 1. The van der Waals surface area contributed by atoms with Gasteiger partial charge in [0.15, 0.2) is 5.13 Å². The number of rotatable bonds is 6. The first-order valence-corrected chi connectivity index (χ1v) is 7.81. The lowest BCUT2D eigenvalue weighted by atomic mass is 10.1. The Morgan fingerprint density at radius 1 is 1.18 bits per heavy atom. The fourth-order valence-corrected chi connectivity index (χ4v) is 2.76. The first kappa shape index (κ1) is 16.2. The van der Waals surface area contributed by atoms with E-state index in [2.05, 4.69) is 15.0 Å². The van der Waals surface area contributed by atoms with E-state index in [-0.39, 0.29) is 11.9 Å². The summed E-state index contributed by atoms with van der Waals surface area (Å²) >= 11 is 1.43. The minimum Gasteiger partial charge on any atom is -0.469 e. The second kappa shape index (κ2) is 7.70. The van der Waals surface area contributed by atoms with E-state index < -0.39 is 0 Å². The van der Waals surface area contributed by atoms with Crippen LogP contribution in [0.1, 0.15) is 23.7 Å². The van der Waals surface area contributed by atoms with Crippen molar-refractivity contribution < 1.29 is 14.3 Å². The van der Waals surface area contributed by atoms with Gasteiger partial charge >= 0.3 is 5.97 Å². The zero-order valence-electron chi connectivity index (χ0n) is 12.6. The number of carbonyl (C=O) groups excluding carboxylic acids is 2. The first-order chi connectivity index (χ1) is 10.6. The maximum atomic E-state index is 11.2. The fraction of sp³-hybridized carbons (Fsp3) is 0.312. The van der Waals surface area contributed by atoms with Crippen LogP contribution in [0.2, 0.25) is 0 Å². The number of esters is 1. The summed E-state index contributed by atoms with van der Waals surface area (Å²) in [5.74, 6) is -0.345. The molecule has 0 unspecified atom stereocenters. The van der Waals surface area contributed by atoms with Gasteiger partial charge < -0.3 is 10.1 Å². The van der Waals surface area contributed by atoms with E-state index in [0.29, 0.717) is 11.6 Å². The van der Waals surface area contributed by atoms with E-state index in [1.54, 1.807) is 0 Å². The highest BCUT2D eigenvalue weighted by molar-refractivity contribution is 7.13. The van der Waals surface area contributed by atoms with Crippen LogP contribution in [0.4, 0.5) is 5.13 Å². The Hall–Kier alpha value is -2.21. The molecule has 2 rings (SSSR count). The Kier molecular flexibility index (Phi) is 5.66. The van der Waals surface area contributed by atoms with Crippen molar-refractivity contribution in [1.29, 1.82) is 0 Å². The molecule has 1 amide bonds. The number of nitrogens with one attached hydrogen (secondary N) is 1. The minimum absolute atomic E-state index is 0.109. The van der Waals surface area contributed by atoms with E-state index in [4.69, 9.17) is 0 Å². The number of aryl methyl sites for hydroxylation is 2. The van der Waals surface area contributed by atoms with Crippen LogP contribution in [-0.4, -0.2) is 24.0 Å². The van der Waals surface area contributed by atoms with Crippen molar-refractivity contribution in [3.8, 4) is 0 Å². The monoisotopic (exact) mass is 318 g/mol. The highest BCUT2D eigenvalue weighted by atomic mass is 32.1. The number of nitrogens with zero attached hydrogens (tertiary/aromatic N) is 1. The van der Waals surface area contributed by atoms with Crippen molar-refractivity contribution in [2.75, 3.05) is 12.4 Å². The van der Waals surface area contributed by atoms with Gasteiger partial charge in [0.2, 0.25) is 5.91 Å². The molecule has 1 aromatic heterocycles. The number of amides is 1. The molecule has 5 nitrogen and oxygen atoms in total. The molecule has 6 heteroatoms. The SMILES string of the molecule is COC(=O)Cc1ccc(CCc2csc(NC(C)=O)n2)cc1. The molecule has 0 aliphatic carbocycles. The third kappa shape index (κ3) is 4.96. The molecule has 0 saturated heterocycles. The molecule has 0 aliphatic rings. The van der Waals surface area contributed by atoms with Gasteiger partial charge in [0.05, 0.1) is 19.2 Å².